The van der Waals surface area contributed by atoms with Crippen molar-refractivity contribution in [1.29, 1.82) is 5.26 Å². The van der Waals surface area contributed by atoms with Gasteiger partial charge in [0.15, 0.2) is 0 Å². The topological polar surface area (TPSA) is 69.5 Å². The van der Waals surface area contributed by atoms with E-state index in [1.165, 1.54) is 6.20 Å². The van der Waals surface area contributed by atoms with Crippen molar-refractivity contribution in [2.45, 2.75) is 6.42 Å². The smallest absolute Gasteiger partial charge is 0.268 e. The largest absolute Gasteiger partial charge is 0.309 e. The fourth-order valence-electron chi connectivity index (χ4n) is 1.47. The van der Waals surface area contributed by atoms with E-state index in [9.17, 15) is 4.79 Å². The highest BCUT2D eigenvalue weighted by atomic mass is 35.5. The van der Waals surface area contributed by atoms with E-state index in [1.807, 2.05) is 0 Å². The Morgan fingerprint density at radius 2 is 2.00 bits per heavy atom. The molecule has 0 aliphatic heterocycles. The van der Waals surface area contributed by atoms with Crippen LogP contribution in [-0.4, -0.2) is 9.97 Å². The number of rotatable bonds is 2. The molecule has 0 saturated carbocycles. The predicted molar refractivity (Wildman–Crippen MR) is 68.8 cm³/mol. The van der Waals surface area contributed by atoms with Crippen LogP contribution in [0.15, 0.2) is 29.2 Å². The van der Waals surface area contributed by atoms with E-state index in [0.717, 1.165) is 0 Å². The summed E-state index contributed by atoms with van der Waals surface area (Å²) in [6.45, 7) is 0. The van der Waals surface area contributed by atoms with Gasteiger partial charge in [-0.2, -0.15) is 5.26 Å². The van der Waals surface area contributed by atoms with Crippen LogP contribution < -0.4 is 5.56 Å². The van der Waals surface area contributed by atoms with Crippen molar-refractivity contribution in [3.05, 3.63) is 61.7 Å². The molecule has 1 aromatic carbocycles. The molecule has 0 spiro atoms. The van der Waals surface area contributed by atoms with E-state index in [0.29, 0.717) is 27.9 Å². The minimum Gasteiger partial charge on any atom is -0.309 e. The van der Waals surface area contributed by atoms with E-state index in [4.69, 9.17) is 28.5 Å². The number of halogens is 2. The molecule has 0 aliphatic carbocycles. The van der Waals surface area contributed by atoms with E-state index < -0.39 is 5.56 Å². The minimum absolute atomic E-state index is 0.0241. The highest BCUT2D eigenvalue weighted by Crippen LogP contribution is 2.25. The highest BCUT2D eigenvalue weighted by molar-refractivity contribution is 6.36. The zero-order chi connectivity index (χ0) is 13.1. The molecular formula is C12H7Cl2N3O. The molecule has 0 aliphatic rings. The Bertz CT molecular complexity index is 668. The first-order valence-electron chi connectivity index (χ1n) is 5.03. The predicted octanol–water partition coefficient (Wildman–Crippen LogP) is 2.54. The Hall–Kier alpha value is -1.83. The first-order valence-corrected chi connectivity index (χ1v) is 5.78. The number of nitriles is 1. The lowest BCUT2D eigenvalue weighted by molar-refractivity contribution is 0.940. The number of nitrogens with one attached hydrogen (secondary N) is 1. The van der Waals surface area contributed by atoms with Gasteiger partial charge in [0.25, 0.3) is 5.56 Å². The summed E-state index contributed by atoms with van der Waals surface area (Å²) in [5, 5.41) is 9.65. The summed E-state index contributed by atoms with van der Waals surface area (Å²) >= 11 is 12.0. The lowest BCUT2D eigenvalue weighted by Gasteiger charge is -2.05. The molecule has 4 nitrogen and oxygen atoms in total. The van der Waals surface area contributed by atoms with Crippen LogP contribution in [0.3, 0.4) is 0 Å². The standard InChI is InChI=1S/C12H7Cl2N3O/c13-9-2-1-3-10(14)8(9)4-11-16-6-7(5-15)12(18)17-11/h1-3,6H,4H2,(H,16,17,18). The van der Waals surface area contributed by atoms with Crippen LogP contribution in [0.4, 0.5) is 0 Å². The fraction of sp³-hybridized carbons (Fsp3) is 0.0833. The van der Waals surface area contributed by atoms with Crippen molar-refractivity contribution in [2.75, 3.05) is 0 Å². The van der Waals surface area contributed by atoms with Crippen molar-refractivity contribution >= 4 is 23.2 Å². The number of nitrogens with zero attached hydrogens (tertiary/aromatic N) is 2. The molecule has 0 fully saturated rings. The summed E-state index contributed by atoms with van der Waals surface area (Å²) in [5.74, 6) is 0.411. The lowest BCUT2D eigenvalue weighted by atomic mass is 10.1. The third-order valence-corrected chi connectivity index (χ3v) is 3.09. The monoisotopic (exact) mass is 279 g/mol. The van der Waals surface area contributed by atoms with Gasteiger partial charge in [-0.25, -0.2) is 4.98 Å². The number of aromatic amines is 1. The molecule has 0 bridgehead atoms. The van der Waals surface area contributed by atoms with E-state index >= 15 is 0 Å². The van der Waals surface area contributed by atoms with Gasteiger partial charge in [0.1, 0.15) is 17.5 Å². The molecule has 1 aromatic heterocycles. The average molecular weight is 280 g/mol. The van der Waals surface area contributed by atoms with Crippen LogP contribution in [0.5, 0.6) is 0 Å². The third kappa shape index (κ3) is 2.53. The van der Waals surface area contributed by atoms with Crippen LogP contribution >= 0.6 is 23.2 Å². The van der Waals surface area contributed by atoms with Gasteiger partial charge in [0, 0.05) is 16.5 Å². The van der Waals surface area contributed by atoms with E-state index in [-0.39, 0.29) is 5.56 Å². The Labute approximate surface area is 113 Å². The quantitative estimate of drug-likeness (QED) is 0.919. The molecule has 0 saturated heterocycles. The lowest BCUT2D eigenvalue weighted by Crippen LogP contribution is -2.14. The molecule has 0 amide bonds. The summed E-state index contributed by atoms with van der Waals surface area (Å²) in [4.78, 5) is 18.0. The zero-order valence-corrected chi connectivity index (χ0v) is 10.6. The molecule has 6 heteroatoms. The first kappa shape index (κ1) is 12.6. The third-order valence-electron chi connectivity index (χ3n) is 2.38. The van der Waals surface area contributed by atoms with Crippen LogP contribution in [-0.2, 0) is 6.42 Å². The number of hydrogen-bond acceptors (Lipinski definition) is 3. The van der Waals surface area contributed by atoms with Gasteiger partial charge in [0.2, 0.25) is 0 Å². The molecule has 0 atom stereocenters. The summed E-state index contributed by atoms with van der Waals surface area (Å²) in [7, 11) is 0. The fourth-order valence-corrected chi connectivity index (χ4v) is 2.00. The maximum Gasteiger partial charge on any atom is 0.268 e. The maximum atomic E-state index is 11.4. The Morgan fingerprint density at radius 3 is 2.56 bits per heavy atom. The molecular weight excluding hydrogens is 273 g/mol. The van der Waals surface area contributed by atoms with Crippen molar-refractivity contribution in [3.63, 3.8) is 0 Å². The average Bonchev–Trinajstić information content (AvgIpc) is 2.34. The summed E-state index contributed by atoms with van der Waals surface area (Å²) in [6.07, 6.45) is 1.54. The Kier molecular flexibility index (Phi) is 3.66. The van der Waals surface area contributed by atoms with Crippen LogP contribution in [0.1, 0.15) is 17.0 Å². The second kappa shape index (κ2) is 5.21. The molecule has 1 heterocycles. The second-order valence-corrected chi connectivity index (χ2v) is 4.38. The molecule has 90 valence electrons. The number of aromatic nitrogens is 2. The van der Waals surface area contributed by atoms with Gasteiger partial charge >= 0.3 is 0 Å². The minimum atomic E-state index is -0.467. The van der Waals surface area contributed by atoms with Crippen molar-refractivity contribution in [3.8, 4) is 6.07 Å². The highest BCUT2D eigenvalue weighted by Gasteiger charge is 2.09. The molecule has 18 heavy (non-hydrogen) atoms. The molecule has 2 aromatic rings. The number of benzene rings is 1. The SMILES string of the molecule is N#Cc1cnc(Cc2c(Cl)cccc2Cl)[nH]c1=O. The van der Waals surface area contributed by atoms with Crippen molar-refractivity contribution in [2.24, 2.45) is 0 Å². The van der Waals surface area contributed by atoms with Gasteiger partial charge in [-0.15, -0.1) is 0 Å². The van der Waals surface area contributed by atoms with Gasteiger partial charge in [-0.05, 0) is 17.7 Å². The van der Waals surface area contributed by atoms with Gasteiger partial charge in [-0.1, -0.05) is 29.3 Å². The van der Waals surface area contributed by atoms with Gasteiger partial charge in [0.05, 0.1) is 6.20 Å². The zero-order valence-electron chi connectivity index (χ0n) is 9.08. The normalized spacial score (nSPS) is 10.1. The second-order valence-electron chi connectivity index (χ2n) is 3.56. The Morgan fingerprint density at radius 1 is 1.33 bits per heavy atom. The summed E-state index contributed by atoms with van der Waals surface area (Å²) in [5.41, 5.74) is 0.198. The molecule has 0 radical (unpaired) electrons. The van der Waals surface area contributed by atoms with Crippen LogP contribution in [0, 0.1) is 11.3 Å². The number of H-pyrrole nitrogens is 1. The van der Waals surface area contributed by atoms with Crippen molar-refractivity contribution in [1.82, 2.24) is 9.97 Å². The molecule has 0 unspecified atom stereocenters. The maximum absolute atomic E-state index is 11.4. The van der Waals surface area contributed by atoms with Gasteiger partial charge < -0.3 is 4.98 Å². The molecule has 1 N–H and O–H groups in total. The number of hydrogen-bond donors (Lipinski definition) is 1. The summed E-state index contributed by atoms with van der Waals surface area (Å²) < 4.78 is 0. The van der Waals surface area contributed by atoms with Crippen LogP contribution in [0.25, 0.3) is 0 Å². The van der Waals surface area contributed by atoms with E-state index in [1.54, 1.807) is 24.3 Å². The van der Waals surface area contributed by atoms with Crippen LogP contribution in [0.2, 0.25) is 10.0 Å². The van der Waals surface area contributed by atoms with Gasteiger partial charge in [-0.3, -0.25) is 4.79 Å². The molecule has 2 rings (SSSR count). The van der Waals surface area contributed by atoms with Crippen molar-refractivity contribution < 1.29 is 0 Å². The Balaban J connectivity index is 2.39. The van der Waals surface area contributed by atoms with E-state index in [2.05, 4.69) is 9.97 Å². The summed E-state index contributed by atoms with van der Waals surface area (Å²) in [6, 6.07) is 6.92. The first-order chi connectivity index (χ1) is 8.61.